The number of fused-ring (bicyclic) bond motifs is 1. The van der Waals surface area contributed by atoms with Crippen molar-refractivity contribution in [2.45, 2.75) is 6.54 Å². The topological polar surface area (TPSA) is 55.6 Å². The molecule has 4 rings (SSSR count). The van der Waals surface area contributed by atoms with Gasteiger partial charge in [0.1, 0.15) is 17.3 Å². The van der Waals surface area contributed by atoms with E-state index >= 15 is 0 Å². The second-order valence-electron chi connectivity index (χ2n) is 6.03. The van der Waals surface area contributed by atoms with Crippen molar-refractivity contribution in [3.63, 3.8) is 0 Å². The lowest BCUT2D eigenvalue weighted by Crippen LogP contribution is -2.34. The molecule has 0 saturated carbocycles. The smallest absolute Gasteiger partial charge is 0.267 e. The monoisotopic (exact) mass is 450 g/mol. The van der Waals surface area contributed by atoms with E-state index in [1.807, 2.05) is 0 Å². The number of hydrogen-bond acceptors (Lipinski definition) is 5. The van der Waals surface area contributed by atoms with E-state index in [0.29, 0.717) is 36.9 Å². The molecule has 5 nitrogen and oxygen atoms in total. The summed E-state index contributed by atoms with van der Waals surface area (Å²) in [6, 6.07) is 12.5. The van der Waals surface area contributed by atoms with Crippen LogP contribution in [-0.4, -0.2) is 17.5 Å². The van der Waals surface area contributed by atoms with Gasteiger partial charge in [-0.1, -0.05) is 34.5 Å². The first-order chi connectivity index (χ1) is 14.0. The highest BCUT2D eigenvalue weighted by molar-refractivity contribution is 7.22. The molecule has 0 N–H and O–H groups in total. The van der Waals surface area contributed by atoms with E-state index in [9.17, 15) is 9.18 Å². The molecule has 0 unspecified atom stereocenters. The van der Waals surface area contributed by atoms with E-state index in [4.69, 9.17) is 32.4 Å². The lowest BCUT2D eigenvalue weighted by atomic mass is 10.3. The highest BCUT2D eigenvalue weighted by atomic mass is 35.5. The molecule has 0 aliphatic carbocycles. The number of nitrogens with zero attached hydrogens (tertiary/aromatic N) is 2. The number of benzene rings is 2. The van der Waals surface area contributed by atoms with Crippen molar-refractivity contribution in [2.75, 3.05) is 11.5 Å². The van der Waals surface area contributed by atoms with Crippen LogP contribution in [-0.2, 0) is 11.3 Å². The van der Waals surface area contributed by atoms with E-state index in [0.717, 1.165) is 0 Å². The summed E-state index contributed by atoms with van der Waals surface area (Å²) < 4.78 is 25.1. The number of carbonyl (C=O) groups excluding carboxylic acids is 1. The predicted octanol–water partition coefficient (Wildman–Crippen LogP) is 5.95. The number of carbonyl (C=O) groups is 1. The zero-order valence-corrected chi connectivity index (χ0v) is 17.1. The summed E-state index contributed by atoms with van der Waals surface area (Å²) in [5.74, 6) is 0.200. The fourth-order valence-corrected chi connectivity index (χ4v) is 4.10. The van der Waals surface area contributed by atoms with Gasteiger partial charge in [-0.05, 0) is 48.5 Å². The molecule has 4 aromatic rings. The quantitative estimate of drug-likeness (QED) is 0.364. The Labute approximate surface area is 179 Å². The van der Waals surface area contributed by atoms with Crippen LogP contribution in [0.1, 0.15) is 5.76 Å². The SMILES string of the molecule is O=C(COc1ccc(Cl)cc1Cl)N(Cc1ccco1)c1nc2ccc(F)cc2s1. The third-order valence-corrected chi connectivity index (χ3v) is 5.58. The molecule has 29 heavy (non-hydrogen) atoms. The molecule has 2 aromatic carbocycles. The number of hydrogen-bond donors (Lipinski definition) is 0. The lowest BCUT2D eigenvalue weighted by molar-refractivity contribution is -0.120. The van der Waals surface area contributed by atoms with Crippen LogP contribution in [0.4, 0.5) is 9.52 Å². The minimum absolute atomic E-state index is 0.159. The van der Waals surface area contributed by atoms with Crippen molar-refractivity contribution in [3.05, 3.63) is 76.4 Å². The maximum absolute atomic E-state index is 13.5. The number of amides is 1. The molecule has 2 aromatic heterocycles. The standard InChI is InChI=1S/C20H13Cl2FN2O3S/c21-12-3-6-17(15(22)8-12)28-11-19(26)25(10-14-2-1-7-27-14)20-24-16-5-4-13(23)9-18(16)29-20/h1-9H,10-11H2. The molecule has 0 radical (unpaired) electrons. The molecule has 0 bridgehead atoms. The molecule has 0 fully saturated rings. The molecule has 0 saturated heterocycles. The summed E-state index contributed by atoms with van der Waals surface area (Å²) in [6.45, 7) is -0.113. The first kappa shape index (κ1) is 19.7. The van der Waals surface area contributed by atoms with Gasteiger partial charge in [0.05, 0.1) is 28.0 Å². The van der Waals surface area contributed by atoms with Gasteiger partial charge in [-0.3, -0.25) is 9.69 Å². The van der Waals surface area contributed by atoms with E-state index < -0.39 is 0 Å². The summed E-state index contributed by atoms with van der Waals surface area (Å²) >= 11 is 13.2. The molecule has 148 valence electrons. The Morgan fingerprint density at radius 3 is 2.83 bits per heavy atom. The van der Waals surface area contributed by atoms with Crippen molar-refractivity contribution in [1.29, 1.82) is 0 Å². The average molecular weight is 451 g/mol. The zero-order chi connectivity index (χ0) is 20.4. The number of anilines is 1. The summed E-state index contributed by atoms with van der Waals surface area (Å²) in [7, 11) is 0. The minimum Gasteiger partial charge on any atom is -0.482 e. The second-order valence-corrected chi connectivity index (χ2v) is 7.88. The minimum atomic E-state index is -0.364. The van der Waals surface area contributed by atoms with Gasteiger partial charge < -0.3 is 9.15 Å². The van der Waals surface area contributed by atoms with Gasteiger partial charge in [-0.25, -0.2) is 9.37 Å². The maximum Gasteiger partial charge on any atom is 0.267 e. The van der Waals surface area contributed by atoms with Gasteiger partial charge in [0, 0.05) is 5.02 Å². The maximum atomic E-state index is 13.5. The van der Waals surface area contributed by atoms with E-state index in [1.54, 1.807) is 30.3 Å². The summed E-state index contributed by atoms with van der Waals surface area (Å²) in [6.07, 6.45) is 1.52. The Balaban J connectivity index is 1.59. The average Bonchev–Trinajstić information content (AvgIpc) is 3.34. The van der Waals surface area contributed by atoms with Crippen LogP contribution in [0.3, 0.4) is 0 Å². The largest absolute Gasteiger partial charge is 0.482 e. The van der Waals surface area contributed by atoms with E-state index in [-0.39, 0.29) is 24.9 Å². The number of halogens is 3. The van der Waals surface area contributed by atoms with Crippen molar-refractivity contribution >= 4 is 55.8 Å². The Morgan fingerprint density at radius 2 is 2.07 bits per heavy atom. The summed E-state index contributed by atoms with van der Waals surface area (Å²) in [5.41, 5.74) is 0.602. The number of aromatic nitrogens is 1. The Bertz CT molecular complexity index is 1160. The van der Waals surface area contributed by atoms with Gasteiger partial charge in [0.25, 0.3) is 5.91 Å². The fourth-order valence-electron chi connectivity index (χ4n) is 2.63. The number of ether oxygens (including phenoxy) is 1. The van der Waals surface area contributed by atoms with Crippen LogP contribution in [0.15, 0.2) is 59.2 Å². The number of furan rings is 1. The number of thiazole rings is 1. The Kier molecular flexibility index (Phi) is 5.71. The first-order valence-electron chi connectivity index (χ1n) is 8.46. The lowest BCUT2D eigenvalue weighted by Gasteiger charge is -2.19. The van der Waals surface area contributed by atoms with Gasteiger partial charge in [-0.2, -0.15) is 0 Å². The van der Waals surface area contributed by atoms with Crippen LogP contribution in [0.2, 0.25) is 10.0 Å². The van der Waals surface area contributed by atoms with Crippen molar-refractivity contribution < 1.29 is 18.3 Å². The molecular weight excluding hydrogens is 438 g/mol. The number of rotatable bonds is 6. The van der Waals surface area contributed by atoms with E-state index in [1.165, 1.54) is 40.7 Å². The first-order valence-corrected chi connectivity index (χ1v) is 10.0. The second kappa shape index (κ2) is 8.41. The Hall–Kier alpha value is -2.61. The molecule has 9 heteroatoms. The summed E-state index contributed by atoms with van der Waals surface area (Å²) in [5, 5.41) is 1.19. The molecular formula is C20H13Cl2FN2O3S. The van der Waals surface area contributed by atoms with E-state index in [2.05, 4.69) is 4.98 Å². The molecule has 1 amide bonds. The van der Waals surface area contributed by atoms with Crippen molar-refractivity contribution in [1.82, 2.24) is 4.98 Å². The van der Waals surface area contributed by atoms with Crippen molar-refractivity contribution in [3.8, 4) is 5.75 Å². The molecule has 0 spiro atoms. The molecule has 0 aliphatic heterocycles. The van der Waals surface area contributed by atoms with Gasteiger partial charge in [0.2, 0.25) is 0 Å². The van der Waals surface area contributed by atoms with Crippen molar-refractivity contribution in [2.24, 2.45) is 0 Å². The fraction of sp³-hybridized carbons (Fsp3) is 0.100. The van der Waals surface area contributed by atoms with Gasteiger partial charge >= 0.3 is 0 Å². The van der Waals surface area contributed by atoms with Crippen LogP contribution >= 0.6 is 34.5 Å². The third-order valence-electron chi connectivity index (χ3n) is 4.01. The predicted molar refractivity (Wildman–Crippen MR) is 111 cm³/mol. The van der Waals surface area contributed by atoms with Gasteiger partial charge in [-0.15, -0.1) is 0 Å². The molecule has 2 heterocycles. The molecule has 0 atom stereocenters. The van der Waals surface area contributed by atoms with Crippen LogP contribution in [0, 0.1) is 5.82 Å². The summed E-state index contributed by atoms with van der Waals surface area (Å²) in [4.78, 5) is 18.8. The van der Waals surface area contributed by atoms with Gasteiger partial charge in [0.15, 0.2) is 11.7 Å². The molecule has 0 aliphatic rings. The normalized spacial score (nSPS) is 11.0. The highest BCUT2D eigenvalue weighted by Crippen LogP contribution is 2.31. The van der Waals surface area contributed by atoms with Crippen LogP contribution in [0.25, 0.3) is 10.2 Å². The Morgan fingerprint density at radius 1 is 1.21 bits per heavy atom. The highest BCUT2D eigenvalue weighted by Gasteiger charge is 2.22. The third kappa shape index (κ3) is 4.53. The van der Waals surface area contributed by atoms with Crippen LogP contribution in [0.5, 0.6) is 5.75 Å². The zero-order valence-electron chi connectivity index (χ0n) is 14.8. The van der Waals surface area contributed by atoms with Crippen LogP contribution < -0.4 is 9.64 Å².